The maximum absolute atomic E-state index is 10.6. The van der Waals surface area contributed by atoms with Gasteiger partial charge < -0.3 is 10.5 Å². The first kappa shape index (κ1) is 9.74. The molecule has 0 fully saturated rings. The van der Waals surface area contributed by atoms with Crippen LogP contribution >= 0.6 is 0 Å². The van der Waals surface area contributed by atoms with E-state index in [0.717, 1.165) is 12.0 Å². The number of ether oxygens (including phenoxy) is 1. The number of hydrogen-bond donors (Lipinski definition) is 1. The molecule has 0 saturated carbocycles. The van der Waals surface area contributed by atoms with Crippen LogP contribution in [0, 0.1) is 0 Å². The molecule has 3 nitrogen and oxygen atoms in total. The molecule has 2 N–H and O–H groups in total. The monoisotopic (exact) mass is 179 g/mol. The second-order valence-corrected chi connectivity index (χ2v) is 2.78. The molecule has 1 rings (SSSR count). The number of nitrogens with two attached hydrogens (primary N) is 1. The van der Waals surface area contributed by atoms with E-state index >= 15 is 0 Å². The van der Waals surface area contributed by atoms with E-state index in [-0.39, 0.29) is 5.97 Å². The fourth-order valence-electron chi connectivity index (χ4n) is 1.06. The Hall–Kier alpha value is -1.35. The van der Waals surface area contributed by atoms with Gasteiger partial charge in [-0.25, -0.2) is 0 Å². The third-order valence-corrected chi connectivity index (χ3v) is 1.62. The van der Waals surface area contributed by atoms with Gasteiger partial charge in [0, 0.05) is 6.92 Å². The largest absolute Gasteiger partial charge is 0.427 e. The number of carbonyl (C=O) groups excluding carboxylic acids is 1. The molecule has 70 valence electrons. The van der Waals surface area contributed by atoms with Gasteiger partial charge >= 0.3 is 5.97 Å². The highest BCUT2D eigenvalue weighted by atomic mass is 16.5. The molecule has 0 radical (unpaired) electrons. The highest BCUT2D eigenvalue weighted by Crippen LogP contribution is 2.12. The van der Waals surface area contributed by atoms with Gasteiger partial charge in [0.25, 0.3) is 0 Å². The van der Waals surface area contributed by atoms with E-state index in [1.165, 1.54) is 6.92 Å². The minimum absolute atomic E-state index is 0.299. The summed E-state index contributed by atoms with van der Waals surface area (Å²) in [4.78, 5) is 10.6. The Morgan fingerprint density at radius 2 is 2.00 bits per heavy atom. The van der Waals surface area contributed by atoms with Crippen LogP contribution in [0.15, 0.2) is 24.3 Å². The van der Waals surface area contributed by atoms with Gasteiger partial charge in [-0.2, -0.15) is 0 Å². The predicted molar refractivity (Wildman–Crippen MR) is 50.5 cm³/mol. The van der Waals surface area contributed by atoms with Crippen LogP contribution in [0.1, 0.15) is 12.5 Å². The lowest BCUT2D eigenvalue weighted by Crippen LogP contribution is -2.03. The van der Waals surface area contributed by atoms with Gasteiger partial charge in [-0.1, -0.05) is 12.1 Å². The SMILES string of the molecule is CC(=O)Oc1ccc(CCN)cc1. The second kappa shape index (κ2) is 4.62. The molecular formula is C10H13NO2. The molecule has 0 aliphatic carbocycles. The lowest BCUT2D eigenvalue weighted by Gasteiger charge is -2.02. The summed E-state index contributed by atoms with van der Waals surface area (Å²) in [6, 6.07) is 7.36. The van der Waals surface area contributed by atoms with Crippen LogP contribution in [-0.4, -0.2) is 12.5 Å². The van der Waals surface area contributed by atoms with Crippen LogP contribution in [0.3, 0.4) is 0 Å². The zero-order chi connectivity index (χ0) is 9.68. The fourth-order valence-corrected chi connectivity index (χ4v) is 1.06. The van der Waals surface area contributed by atoms with Gasteiger partial charge in [0.2, 0.25) is 0 Å². The summed E-state index contributed by atoms with van der Waals surface area (Å²) in [6.07, 6.45) is 0.848. The van der Waals surface area contributed by atoms with Crippen molar-refractivity contribution >= 4 is 5.97 Å². The van der Waals surface area contributed by atoms with Crippen molar-refractivity contribution in [2.24, 2.45) is 5.73 Å². The zero-order valence-corrected chi connectivity index (χ0v) is 7.62. The lowest BCUT2D eigenvalue weighted by atomic mass is 10.1. The van der Waals surface area contributed by atoms with Gasteiger partial charge in [0.05, 0.1) is 0 Å². The Balaban J connectivity index is 2.64. The molecule has 0 aliphatic heterocycles. The highest BCUT2D eigenvalue weighted by Gasteiger charge is 1.97. The highest BCUT2D eigenvalue weighted by molar-refractivity contribution is 5.69. The maximum atomic E-state index is 10.6. The number of rotatable bonds is 3. The molecule has 0 aliphatic rings. The molecule has 0 atom stereocenters. The quantitative estimate of drug-likeness (QED) is 0.558. The Morgan fingerprint density at radius 3 is 2.46 bits per heavy atom. The average Bonchev–Trinajstić information content (AvgIpc) is 2.08. The van der Waals surface area contributed by atoms with Crippen molar-refractivity contribution in [2.45, 2.75) is 13.3 Å². The van der Waals surface area contributed by atoms with E-state index in [1.54, 1.807) is 12.1 Å². The fraction of sp³-hybridized carbons (Fsp3) is 0.300. The van der Waals surface area contributed by atoms with Crippen LogP contribution in [-0.2, 0) is 11.2 Å². The van der Waals surface area contributed by atoms with Crippen molar-refractivity contribution in [1.29, 1.82) is 0 Å². The van der Waals surface area contributed by atoms with Gasteiger partial charge in [-0.05, 0) is 30.7 Å². The third kappa shape index (κ3) is 3.25. The first-order valence-electron chi connectivity index (χ1n) is 4.20. The summed E-state index contributed by atoms with van der Waals surface area (Å²) in [5.41, 5.74) is 6.55. The molecule has 1 aromatic rings. The Kier molecular flexibility index (Phi) is 3.46. The van der Waals surface area contributed by atoms with E-state index in [2.05, 4.69) is 0 Å². The van der Waals surface area contributed by atoms with E-state index in [4.69, 9.17) is 10.5 Å². The smallest absolute Gasteiger partial charge is 0.308 e. The van der Waals surface area contributed by atoms with Crippen LogP contribution in [0.2, 0.25) is 0 Å². The van der Waals surface area contributed by atoms with Crippen LogP contribution in [0.4, 0.5) is 0 Å². The summed E-state index contributed by atoms with van der Waals surface area (Å²) in [7, 11) is 0. The van der Waals surface area contributed by atoms with Crippen molar-refractivity contribution in [3.05, 3.63) is 29.8 Å². The third-order valence-electron chi connectivity index (χ3n) is 1.62. The van der Waals surface area contributed by atoms with Crippen LogP contribution in [0.5, 0.6) is 5.75 Å². The molecule has 0 heterocycles. The number of esters is 1. The molecule has 0 unspecified atom stereocenters. The van der Waals surface area contributed by atoms with Gasteiger partial charge in [-0.3, -0.25) is 4.79 Å². The Morgan fingerprint density at radius 1 is 1.38 bits per heavy atom. The Bertz CT molecular complexity index is 279. The molecule has 0 amide bonds. The standard InChI is InChI=1S/C10H13NO2/c1-8(12)13-10-4-2-9(3-5-10)6-7-11/h2-5H,6-7,11H2,1H3. The molecule has 13 heavy (non-hydrogen) atoms. The molecular weight excluding hydrogens is 166 g/mol. The summed E-state index contributed by atoms with van der Waals surface area (Å²) in [5, 5.41) is 0. The van der Waals surface area contributed by atoms with Gasteiger partial charge in [0.15, 0.2) is 0 Å². The first-order chi connectivity index (χ1) is 6.22. The maximum Gasteiger partial charge on any atom is 0.308 e. The average molecular weight is 179 g/mol. The van der Waals surface area contributed by atoms with E-state index in [1.807, 2.05) is 12.1 Å². The van der Waals surface area contributed by atoms with Crippen molar-refractivity contribution in [2.75, 3.05) is 6.54 Å². The zero-order valence-electron chi connectivity index (χ0n) is 7.62. The molecule has 0 bridgehead atoms. The van der Waals surface area contributed by atoms with Crippen molar-refractivity contribution in [1.82, 2.24) is 0 Å². The van der Waals surface area contributed by atoms with Crippen LogP contribution < -0.4 is 10.5 Å². The summed E-state index contributed by atoms with van der Waals surface area (Å²) in [6.45, 7) is 2.01. The lowest BCUT2D eigenvalue weighted by molar-refractivity contribution is -0.131. The van der Waals surface area contributed by atoms with Crippen LogP contribution in [0.25, 0.3) is 0 Å². The van der Waals surface area contributed by atoms with Gasteiger partial charge in [0.1, 0.15) is 5.75 Å². The molecule has 0 spiro atoms. The second-order valence-electron chi connectivity index (χ2n) is 2.78. The Labute approximate surface area is 77.5 Å². The minimum atomic E-state index is -0.299. The molecule has 0 saturated heterocycles. The topological polar surface area (TPSA) is 52.3 Å². The minimum Gasteiger partial charge on any atom is -0.427 e. The van der Waals surface area contributed by atoms with Gasteiger partial charge in [-0.15, -0.1) is 0 Å². The number of benzene rings is 1. The van der Waals surface area contributed by atoms with Crippen molar-refractivity contribution < 1.29 is 9.53 Å². The van der Waals surface area contributed by atoms with Crippen molar-refractivity contribution in [3.8, 4) is 5.75 Å². The normalized spacial score (nSPS) is 9.69. The molecule has 3 heteroatoms. The van der Waals surface area contributed by atoms with Crippen molar-refractivity contribution in [3.63, 3.8) is 0 Å². The number of carbonyl (C=O) groups is 1. The van der Waals surface area contributed by atoms with E-state index < -0.39 is 0 Å². The molecule has 0 aromatic heterocycles. The number of hydrogen-bond acceptors (Lipinski definition) is 3. The predicted octanol–water partition coefficient (Wildman–Crippen LogP) is 1.11. The summed E-state index contributed by atoms with van der Waals surface area (Å²) >= 11 is 0. The first-order valence-corrected chi connectivity index (χ1v) is 4.20. The van der Waals surface area contributed by atoms with E-state index in [0.29, 0.717) is 12.3 Å². The molecule has 1 aromatic carbocycles. The summed E-state index contributed by atoms with van der Waals surface area (Å²) in [5.74, 6) is 0.278. The van der Waals surface area contributed by atoms with E-state index in [9.17, 15) is 4.79 Å². The summed E-state index contributed by atoms with van der Waals surface area (Å²) < 4.78 is 4.88.